The summed E-state index contributed by atoms with van der Waals surface area (Å²) in [7, 11) is 1.42. The van der Waals surface area contributed by atoms with Crippen LogP contribution >= 0.6 is 0 Å². The Morgan fingerprint density at radius 3 is 2.82 bits per heavy atom. The summed E-state index contributed by atoms with van der Waals surface area (Å²) in [5.41, 5.74) is 0.969. The first-order chi connectivity index (χ1) is 8.27. The number of carbonyl (C=O) groups excluding carboxylic acids is 1. The zero-order valence-corrected chi connectivity index (χ0v) is 10.2. The molecule has 1 aromatic carbocycles. The Balaban J connectivity index is 2.19. The quantitative estimate of drug-likeness (QED) is 0.746. The van der Waals surface area contributed by atoms with E-state index < -0.39 is 0 Å². The van der Waals surface area contributed by atoms with Crippen LogP contribution in [0.25, 0.3) is 0 Å². The summed E-state index contributed by atoms with van der Waals surface area (Å²) in [6, 6.07) is 7.61. The topological polar surface area (TPSA) is 38.8 Å². The van der Waals surface area contributed by atoms with E-state index in [9.17, 15) is 4.79 Å². The number of carbonyl (C=O) groups is 1. The molecule has 4 heteroatoms. The van der Waals surface area contributed by atoms with Crippen molar-refractivity contribution < 1.29 is 14.3 Å². The lowest BCUT2D eigenvalue weighted by Crippen LogP contribution is -2.53. The van der Waals surface area contributed by atoms with Crippen LogP contribution < -0.4 is 9.64 Å². The average molecular weight is 235 g/mol. The van der Waals surface area contributed by atoms with E-state index in [0.717, 1.165) is 24.4 Å². The third-order valence-electron chi connectivity index (χ3n) is 2.97. The second-order valence-electron chi connectivity index (χ2n) is 3.92. The van der Waals surface area contributed by atoms with Crippen molar-refractivity contribution in [3.63, 3.8) is 0 Å². The van der Waals surface area contributed by atoms with Crippen LogP contribution in [0.2, 0.25) is 0 Å². The standard InChI is InChI=1S/C13H17NO3/c1-3-17-12-7-5-4-6-10(12)14-9-8-11(14)13(15)16-2/h4-7,11H,3,8-9H2,1-2H3. The number of methoxy groups -OCH3 is 1. The van der Waals surface area contributed by atoms with Gasteiger partial charge in [0.25, 0.3) is 0 Å². The molecule has 1 unspecified atom stereocenters. The van der Waals surface area contributed by atoms with Gasteiger partial charge in [-0.3, -0.25) is 0 Å². The molecule has 4 nitrogen and oxygen atoms in total. The van der Waals surface area contributed by atoms with Gasteiger partial charge in [0.2, 0.25) is 0 Å². The first kappa shape index (κ1) is 11.8. The molecule has 0 spiro atoms. The van der Waals surface area contributed by atoms with Crippen LogP contribution in [0.5, 0.6) is 5.75 Å². The van der Waals surface area contributed by atoms with E-state index in [4.69, 9.17) is 9.47 Å². The lowest BCUT2D eigenvalue weighted by atomic mass is 10.0. The Morgan fingerprint density at radius 2 is 2.24 bits per heavy atom. The highest BCUT2D eigenvalue weighted by Crippen LogP contribution is 2.34. The van der Waals surface area contributed by atoms with Gasteiger partial charge in [0.1, 0.15) is 11.8 Å². The number of rotatable bonds is 4. The summed E-state index contributed by atoms with van der Waals surface area (Å²) in [5, 5.41) is 0. The maximum Gasteiger partial charge on any atom is 0.328 e. The van der Waals surface area contributed by atoms with E-state index in [0.29, 0.717) is 6.61 Å². The molecule has 0 bridgehead atoms. The summed E-state index contributed by atoms with van der Waals surface area (Å²) in [5.74, 6) is 0.645. The molecule has 1 saturated heterocycles. The van der Waals surface area contributed by atoms with E-state index in [-0.39, 0.29) is 12.0 Å². The Hall–Kier alpha value is -1.71. The molecule has 2 rings (SSSR count). The highest BCUT2D eigenvalue weighted by molar-refractivity contribution is 5.83. The highest BCUT2D eigenvalue weighted by atomic mass is 16.5. The molecule has 0 N–H and O–H groups in total. The molecule has 1 aromatic rings. The van der Waals surface area contributed by atoms with Crippen molar-refractivity contribution >= 4 is 11.7 Å². The number of para-hydroxylation sites is 2. The minimum atomic E-state index is -0.178. The van der Waals surface area contributed by atoms with E-state index in [1.807, 2.05) is 36.1 Å². The molecule has 92 valence electrons. The summed E-state index contributed by atoms with van der Waals surface area (Å²) < 4.78 is 10.3. The number of ether oxygens (including phenoxy) is 2. The smallest absolute Gasteiger partial charge is 0.328 e. The molecule has 17 heavy (non-hydrogen) atoms. The second kappa shape index (κ2) is 5.08. The molecule has 1 aliphatic heterocycles. The van der Waals surface area contributed by atoms with Crippen LogP contribution in [-0.2, 0) is 9.53 Å². The van der Waals surface area contributed by atoms with E-state index >= 15 is 0 Å². The first-order valence-electron chi connectivity index (χ1n) is 5.84. The third kappa shape index (κ3) is 2.20. The number of anilines is 1. The SMILES string of the molecule is CCOc1ccccc1N1CCC1C(=O)OC. The van der Waals surface area contributed by atoms with Gasteiger partial charge in [-0.2, -0.15) is 0 Å². The van der Waals surface area contributed by atoms with Gasteiger partial charge in [-0.25, -0.2) is 4.79 Å². The van der Waals surface area contributed by atoms with Crippen LogP contribution in [0.4, 0.5) is 5.69 Å². The minimum absolute atomic E-state index is 0.165. The Morgan fingerprint density at radius 1 is 1.47 bits per heavy atom. The molecule has 1 atom stereocenters. The second-order valence-corrected chi connectivity index (χ2v) is 3.92. The summed E-state index contributed by atoms with van der Waals surface area (Å²) in [6.07, 6.45) is 0.840. The van der Waals surface area contributed by atoms with Gasteiger partial charge in [-0.15, -0.1) is 0 Å². The largest absolute Gasteiger partial charge is 0.492 e. The molecular formula is C13H17NO3. The molecule has 0 aromatic heterocycles. The number of hydrogen-bond acceptors (Lipinski definition) is 4. The van der Waals surface area contributed by atoms with Crippen LogP contribution in [0.1, 0.15) is 13.3 Å². The predicted octanol–water partition coefficient (Wildman–Crippen LogP) is 1.84. The number of esters is 1. The van der Waals surface area contributed by atoms with Gasteiger partial charge in [-0.05, 0) is 25.5 Å². The van der Waals surface area contributed by atoms with E-state index in [1.165, 1.54) is 7.11 Å². The maximum atomic E-state index is 11.5. The molecule has 1 fully saturated rings. The number of hydrogen-bond donors (Lipinski definition) is 0. The zero-order valence-electron chi connectivity index (χ0n) is 10.2. The molecule has 1 aliphatic rings. The fourth-order valence-electron chi connectivity index (χ4n) is 2.03. The van der Waals surface area contributed by atoms with Crippen LogP contribution in [-0.4, -0.2) is 32.3 Å². The van der Waals surface area contributed by atoms with Crippen molar-refractivity contribution in [3.05, 3.63) is 24.3 Å². The van der Waals surface area contributed by atoms with Gasteiger partial charge in [0, 0.05) is 6.54 Å². The normalized spacial score (nSPS) is 18.5. The van der Waals surface area contributed by atoms with Crippen LogP contribution in [0.15, 0.2) is 24.3 Å². The maximum absolute atomic E-state index is 11.5. The Labute approximate surface area is 101 Å². The zero-order chi connectivity index (χ0) is 12.3. The number of nitrogens with zero attached hydrogens (tertiary/aromatic N) is 1. The Kier molecular flexibility index (Phi) is 3.52. The molecule has 0 radical (unpaired) electrons. The molecule has 0 saturated carbocycles. The fourth-order valence-corrected chi connectivity index (χ4v) is 2.03. The van der Waals surface area contributed by atoms with Crippen LogP contribution in [0.3, 0.4) is 0 Å². The lowest BCUT2D eigenvalue weighted by molar-refractivity contribution is -0.143. The minimum Gasteiger partial charge on any atom is -0.492 e. The third-order valence-corrected chi connectivity index (χ3v) is 2.97. The van der Waals surface area contributed by atoms with Gasteiger partial charge in [-0.1, -0.05) is 12.1 Å². The summed E-state index contributed by atoms with van der Waals surface area (Å²) >= 11 is 0. The lowest BCUT2D eigenvalue weighted by Gasteiger charge is -2.41. The summed E-state index contributed by atoms with van der Waals surface area (Å²) in [4.78, 5) is 13.6. The molecule has 1 heterocycles. The van der Waals surface area contributed by atoms with Crippen molar-refractivity contribution in [2.45, 2.75) is 19.4 Å². The monoisotopic (exact) mass is 235 g/mol. The fraction of sp³-hybridized carbons (Fsp3) is 0.462. The highest BCUT2D eigenvalue weighted by Gasteiger charge is 2.36. The van der Waals surface area contributed by atoms with Crippen molar-refractivity contribution in [1.82, 2.24) is 0 Å². The van der Waals surface area contributed by atoms with Crippen molar-refractivity contribution in [3.8, 4) is 5.75 Å². The van der Waals surface area contributed by atoms with E-state index in [1.54, 1.807) is 0 Å². The predicted molar refractivity (Wildman–Crippen MR) is 65.4 cm³/mol. The van der Waals surface area contributed by atoms with Crippen molar-refractivity contribution in [2.24, 2.45) is 0 Å². The summed E-state index contributed by atoms with van der Waals surface area (Å²) in [6.45, 7) is 3.43. The molecular weight excluding hydrogens is 218 g/mol. The number of benzene rings is 1. The first-order valence-corrected chi connectivity index (χ1v) is 5.84. The molecule has 0 amide bonds. The van der Waals surface area contributed by atoms with Crippen molar-refractivity contribution in [1.29, 1.82) is 0 Å². The average Bonchev–Trinajstić information content (AvgIpc) is 2.30. The molecule has 0 aliphatic carbocycles. The van der Waals surface area contributed by atoms with Crippen molar-refractivity contribution in [2.75, 3.05) is 25.2 Å². The van der Waals surface area contributed by atoms with Crippen LogP contribution in [0, 0.1) is 0 Å². The Bertz CT molecular complexity index is 405. The van der Waals surface area contributed by atoms with E-state index in [2.05, 4.69) is 0 Å². The van der Waals surface area contributed by atoms with Gasteiger partial charge in [0.15, 0.2) is 0 Å². The van der Waals surface area contributed by atoms with Gasteiger partial charge in [0.05, 0.1) is 19.4 Å². The van der Waals surface area contributed by atoms with Gasteiger partial charge < -0.3 is 14.4 Å². The van der Waals surface area contributed by atoms with Gasteiger partial charge >= 0.3 is 5.97 Å².